The van der Waals surface area contributed by atoms with Crippen molar-refractivity contribution in [3.05, 3.63) is 0 Å². The summed E-state index contributed by atoms with van der Waals surface area (Å²) in [6.07, 6.45) is -2.74. The number of hydrogen-bond acceptors (Lipinski definition) is 2. The summed E-state index contributed by atoms with van der Waals surface area (Å²) in [6.45, 7) is 5.70. The molecular weight excluding hydrogens is 231 g/mol. The Bertz CT molecular complexity index is 232. The number of rotatable bonds is 4. The molecule has 1 aliphatic carbocycles. The predicted molar refractivity (Wildman–Crippen MR) is 60.8 cm³/mol. The van der Waals surface area contributed by atoms with Crippen molar-refractivity contribution in [2.75, 3.05) is 13.2 Å². The van der Waals surface area contributed by atoms with Crippen LogP contribution in [0.4, 0.5) is 13.2 Å². The molecule has 0 amide bonds. The van der Waals surface area contributed by atoms with E-state index in [1.165, 1.54) is 0 Å². The van der Waals surface area contributed by atoms with E-state index in [1.807, 2.05) is 13.8 Å². The molecule has 1 saturated carbocycles. The maximum Gasteiger partial charge on any atom is 0.411 e. The van der Waals surface area contributed by atoms with Gasteiger partial charge in [0.2, 0.25) is 0 Å². The highest BCUT2D eigenvalue weighted by atomic mass is 19.4. The smallest absolute Gasteiger partial charge is 0.367 e. The summed E-state index contributed by atoms with van der Waals surface area (Å²) in [5.41, 5.74) is 0. The average molecular weight is 253 g/mol. The van der Waals surface area contributed by atoms with Gasteiger partial charge in [-0.15, -0.1) is 0 Å². The lowest BCUT2D eigenvalue weighted by Crippen LogP contribution is -2.50. The molecule has 4 unspecified atom stereocenters. The van der Waals surface area contributed by atoms with Crippen LogP contribution in [0.2, 0.25) is 0 Å². The van der Waals surface area contributed by atoms with Gasteiger partial charge in [0.15, 0.2) is 0 Å². The molecule has 17 heavy (non-hydrogen) atoms. The largest absolute Gasteiger partial charge is 0.411 e. The molecule has 2 nitrogen and oxygen atoms in total. The second-order valence-electron chi connectivity index (χ2n) is 5.11. The minimum absolute atomic E-state index is 0.0427. The number of hydrogen-bond donors (Lipinski definition) is 1. The Balaban J connectivity index is 2.57. The van der Waals surface area contributed by atoms with E-state index in [0.29, 0.717) is 5.92 Å². The molecule has 5 heteroatoms. The van der Waals surface area contributed by atoms with Crippen LogP contribution in [0.25, 0.3) is 0 Å². The molecule has 102 valence electrons. The highest BCUT2D eigenvalue weighted by Gasteiger charge is 2.37. The van der Waals surface area contributed by atoms with Gasteiger partial charge in [-0.05, 0) is 31.2 Å². The molecule has 1 N–H and O–H groups in total. The minimum Gasteiger partial charge on any atom is -0.367 e. The van der Waals surface area contributed by atoms with Crippen LogP contribution in [0.5, 0.6) is 0 Å². The minimum atomic E-state index is -4.24. The van der Waals surface area contributed by atoms with Gasteiger partial charge in [-0.1, -0.05) is 20.8 Å². The fourth-order valence-corrected chi connectivity index (χ4v) is 2.76. The molecule has 0 aromatic rings. The number of likely N-dealkylation sites (N-methyl/N-ethyl adjacent to an activating group) is 1. The lowest BCUT2D eigenvalue weighted by atomic mass is 9.78. The first-order chi connectivity index (χ1) is 7.83. The first-order valence-electron chi connectivity index (χ1n) is 6.25. The zero-order chi connectivity index (χ0) is 13.1. The lowest BCUT2D eigenvalue weighted by molar-refractivity contribution is -0.197. The summed E-state index contributed by atoms with van der Waals surface area (Å²) in [6, 6.07) is 0.0427. The molecule has 1 fully saturated rings. The molecular formula is C12H22F3NO. The molecule has 0 heterocycles. The molecule has 0 saturated heterocycles. The van der Waals surface area contributed by atoms with E-state index < -0.39 is 12.8 Å². The van der Waals surface area contributed by atoms with Crippen molar-refractivity contribution < 1.29 is 17.9 Å². The average Bonchev–Trinajstić information content (AvgIpc) is 2.14. The molecule has 0 bridgehead atoms. The summed E-state index contributed by atoms with van der Waals surface area (Å²) in [7, 11) is 0. The van der Waals surface area contributed by atoms with E-state index in [9.17, 15) is 13.2 Å². The Morgan fingerprint density at radius 2 is 1.88 bits per heavy atom. The third kappa shape index (κ3) is 4.84. The number of alkyl halides is 3. The van der Waals surface area contributed by atoms with Crippen LogP contribution in [0.15, 0.2) is 0 Å². The van der Waals surface area contributed by atoms with Crippen LogP contribution in [-0.4, -0.2) is 31.5 Å². The van der Waals surface area contributed by atoms with Crippen molar-refractivity contribution in [2.45, 2.75) is 51.9 Å². The second kappa shape index (κ2) is 6.05. The molecule has 0 radical (unpaired) electrons. The molecule has 0 spiro atoms. The summed E-state index contributed by atoms with van der Waals surface area (Å²) < 4.78 is 41.6. The predicted octanol–water partition coefficient (Wildman–Crippen LogP) is 2.98. The summed E-state index contributed by atoms with van der Waals surface area (Å²) in [5.74, 6) is 0.713. The Kier molecular flexibility index (Phi) is 5.25. The van der Waals surface area contributed by atoms with Crippen LogP contribution in [0.3, 0.4) is 0 Å². The highest BCUT2D eigenvalue weighted by molar-refractivity contribution is 4.88. The number of nitrogens with one attached hydrogen (secondary N) is 1. The van der Waals surface area contributed by atoms with Gasteiger partial charge in [-0.3, -0.25) is 0 Å². The summed E-state index contributed by atoms with van der Waals surface area (Å²) in [4.78, 5) is 0. The Morgan fingerprint density at radius 1 is 1.24 bits per heavy atom. The third-order valence-corrected chi connectivity index (χ3v) is 3.29. The van der Waals surface area contributed by atoms with Gasteiger partial charge < -0.3 is 10.1 Å². The number of halogens is 3. The summed E-state index contributed by atoms with van der Waals surface area (Å²) >= 11 is 0. The fourth-order valence-electron chi connectivity index (χ4n) is 2.76. The Hall–Kier alpha value is -0.290. The van der Waals surface area contributed by atoms with Crippen LogP contribution in [0, 0.1) is 11.8 Å². The van der Waals surface area contributed by atoms with E-state index >= 15 is 0 Å². The first-order valence-corrected chi connectivity index (χ1v) is 6.25. The van der Waals surface area contributed by atoms with Crippen LogP contribution in [-0.2, 0) is 4.74 Å². The van der Waals surface area contributed by atoms with Crippen molar-refractivity contribution in [1.29, 1.82) is 0 Å². The molecule has 1 rings (SSSR count). The van der Waals surface area contributed by atoms with Gasteiger partial charge >= 0.3 is 6.18 Å². The third-order valence-electron chi connectivity index (χ3n) is 3.29. The first kappa shape index (κ1) is 14.8. The van der Waals surface area contributed by atoms with E-state index in [-0.39, 0.29) is 18.1 Å². The topological polar surface area (TPSA) is 21.3 Å². The van der Waals surface area contributed by atoms with Crippen LogP contribution < -0.4 is 5.32 Å². The highest BCUT2D eigenvalue weighted by Crippen LogP contribution is 2.32. The van der Waals surface area contributed by atoms with E-state index in [2.05, 4.69) is 12.2 Å². The standard InChI is InChI=1S/C12H22F3NO/c1-4-16-10-6-8(2)5-9(3)11(10)17-7-12(13,14)15/h8-11,16H,4-7H2,1-3H3. The van der Waals surface area contributed by atoms with Gasteiger partial charge in [-0.2, -0.15) is 13.2 Å². The van der Waals surface area contributed by atoms with Crippen molar-refractivity contribution in [1.82, 2.24) is 5.32 Å². The maximum absolute atomic E-state index is 12.2. The molecule has 0 aromatic heterocycles. The monoisotopic (exact) mass is 253 g/mol. The van der Waals surface area contributed by atoms with Crippen molar-refractivity contribution in [3.8, 4) is 0 Å². The normalized spacial score (nSPS) is 34.9. The van der Waals surface area contributed by atoms with E-state index in [4.69, 9.17) is 4.74 Å². The quantitative estimate of drug-likeness (QED) is 0.831. The van der Waals surface area contributed by atoms with Gasteiger partial charge in [0, 0.05) is 6.04 Å². The fraction of sp³-hybridized carbons (Fsp3) is 1.00. The maximum atomic E-state index is 12.2. The van der Waals surface area contributed by atoms with E-state index in [1.54, 1.807) is 0 Å². The molecule has 0 aromatic carbocycles. The lowest BCUT2D eigenvalue weighted by Gasteiger charge is -2.39. The SMILES string of the molecule is CCNC1CC(C)CC(C)C1OCC(F)(F)F. The van der Waals surface area contributed by atoms with Crippen molar-refractivity contribution >= 4 is 0 Å². The molecule has 0 aliphatic heterocycles. The zero-order valence-electron chi connectivity index (χ0n) is 10.7. The van der Waals surface area contributed by atoms with Gasteiger partial charge in [0.1, 0.15) is 6.61 Å². The van der Waals surface area contributed by atoms with Crippen molar-refractivity contribution in [2.24, 2.45) is 11.8 Å². The Morgan fingerprint density at radius 3 is 2.41 bits per heavy atom. The number of ether oxygens (including phenoxy) is 1. The Labute approximate surface area is 101 Å². The molecule has 4 atom stereocenters. The van der Waals surface area contributed by atoms with Crippen LogP contribution >= 0.6 is 0 Å². The van der Waals surface area contributed by atoms with Crippen LogP contribution in [0.1, 0.15) is 33.6 Å². The van der Waals surface area contributed by atoms with Gasteiger partial charge in [-0.25, -0.2) is 0 Å². The molecule has 1 aliphatic rings. The van der Waals surface area contributed by atoms with E-state index in [0.717, 1.165) is 19.4 Å². The second-order valence-corrected chi connectivity index (χ2v) is 5.11. The summed E-state index contributed by atoms with van der Waals surface area (Å²) in [5, 5.41) is 3.24. The van der Waals surface area contributed by atoms with Crippen molar-refractivity contribution in [3.63, 3.8) is 0 Å². The zero-order valence-corrected chi connectivity index (χ0v) is 10.7. The van der Waals surface area contributed by atoms with Gasteiger partial charge in [0.25, 0.3) is 0 Å². The van der Waals surface area contributed by atoms with Gasteiger partial charge in [0.05, 0.1) is 6.10 Å².